The van der Waals surface area contributed by atoms with Crippen molar-refractivity contribution >= 4 is 22.7 Å². The number of hydrogen-bond acceptors (Lipinski definition) is 6. The van der Waals surface area contributed by atoms with Gasteiger partial charge >= 0.3 is 11.7 Å². The number of rotatable bonds is 6. The molecular weight excluding hydrogens is 420 g/mol. The van der Waals surface area contributed by atoms with Crippen LogP contribution >= 0.6 is 0 Å². The van der Waals surface area contributed by atoms with Crippen molar-refractivity contribution in [2.24, 2.45) is 0 Å². The van der Waals surface area contributed by atoms with E-state index < -0.39 is 23.4 Å². The van der Waals surface area contributed by atoms with Crippen molar-refractivity contribution in [2.75, 3.05) is 33.4 Å². The fourth-order valence-corrected chi connectivity index (χ4v) is 3.23. The topological polar surface area (TPSA) is 89.0 Å². The summed E-state index contributed by atoms with van der Waals surface area (Å²) in [6.07, 6.45) is -0.841. The third kappa shape index (κ3) is 4.72. The second-order valence-electron chi connectivity index (χ2n) is 7.72. The predicted molar refractivity (Wildman–Crippen MR) is 118 cm³/mol. The Labute approximate surface area is 184 Å². The quantitative estimate of drug-likeness (QED) is 0.459. The molecule has 1 aromatic heterocycles. The lowest BCUT2D eigenvalue weighted by Gasteiger charge is -2.19. The van der Waals surface area contributed by atoms with E-state index in [1.807, 2.05) is 18.9 Å². The van der Waals surface area contributed by atoms with Gasteiger partial charge in [0.1, 0.15) is 11.4 Å². The minimum Gasteiger partial charge on any atom is -0.422 e. The monoisotopic (exact) mass is 445 g/mol. The molecule has 0 bridgehead atoms. The van der Waals surface area contributed by atoms with Gasteiger partial charge in [-0.15, -0.1) is 0 Å². The van der Waals surface area contributed by atoms with Gasteiger partial charge in [-0.3, -0.25) is 0 Å². The smallest absolute Gasteiger partial charge is 0.414 e. The number of hydrogen-bond donors (Lipinski definition) is 1. The predicted octanol–water partition coefficient (Wildman–Crippen LogP) is 3.76. The number of nitrogen functional groups attached to an aromatic ring is 1. The minimum absolute atomic E-state index is 0.0294. The molecule has 0 radical (unpaired) electrons. The lowest BCUT2D eigenvalue weighted by Crippen LogP contribution is -2.25. The van der Waals surface area contributed by atoms with Gasteiger partial charge in [0.25, 0.3) is 0 Å². The highest BCUT2D eigenvalue weighted by atomic mass is 19.1. The minimum atomic E-state index is -0.789. The Morgan fingerprint density at radius 3 is 2.53 bits per heavy atom. The van der Waals surface area contributed by atoms with Crippen molar-refractivity contribution in [1.29, 1.82) is 0 Å². The Morgan fingerprint density at radius 1 is 1.16 bits per heavy atom. The zero-order valence-corrected chi connectivity index (χ0v) is 18.4. The molecule has 0 saturated heterocycles. The number of carbonyl (C=O) groups excluding carboxylic acids is 1. The van der Waals surface area contributed by atoms with Gasteiger partial charge < -0.3 is 24.7 Å². The molecule has 0 fully saturated rings. The van der Waals surface area contributed by atoms with Crippen LogP contribution in [0.4, 0.5) is 19.3 Å². The van der Waals surface area contributed by atoms with Crippen LogP contribution in [0.25, 0.3) is 11.0 Å². The van der Waals surface area contributed by atoms with E-state index in [-0.39, 0.29) is 34.6 Å². The first-order valence-electron chi connectivity index (χ1n) is 10.0. The SMILES string of the molecule is CCN(C)Cc1c(Cc2cccc(N)c2F)c(=O)oc2cc(OC(=O)N(C)C)c(F)cc12. The number of fused-ring (bicyclic) bond motifs is 1. The number of nitrogens with zero attached hydrogens (tertiary/aromatic N) is 2. The molecule has 0 saturated carbocycles. The first-order valence-corrected chi connectivity index (χ1v) is 10.0. The molecule has 170 valence electrons. The lowest BCUT2D eigenvalue weighted by atomic mass is 9.97. The Kier molecular flexibility index (Phi) is 6.78. The highest BCUT2D eigenvalue weighted by molar-refractivity contribution is 5.84. The van der Waals surface area contributed by atoms with Crippen LogP contribution in [0.15, 0.2) is 39.5 Å². The third-order valence-corrected chi connectivity index (χ3v) is 5.18. The molecule has 2 N–H and O–H groups in total. The number of benzene rings is 2. The lowest BCUT2D eigenvalue weighted by molar-refractivity contribution is 0.170. The van der Waals surface area contributed by atoms with Crippen molar-refractivity contribution in [1.82, 2.24) is 9.80 Å². The van der Waals surface area contributed by atoms with Gasteiger partial charge in [0.2, 0.25) is 0 Å². The van der Waals surface area contributed by atoms with E-state index in [2.05, 4.69) is 0 Å². The van der Waals surface area contributed by atoms with E-state index in [1.54, 1.807) is 6.07 Å². The molecule has 9 heteroatoms. The van der Waals surface area contributed by atoms with Gasteiger partial charge in [-0.05, 0) is 36.9 Å². The Bertz CT molecular complexity index is 1220. The van der Waals surface area contributed by atoms with Gasteiger partial charge in [-0.25, -0.2) is 18.4 Å². The second kappa shape index (κ2) is 9.35. The van der Waals surface area contributed by atoms with Crippen molar-refractivity contribution in [3.8, 4) is 5.75 Å². The summed E-state index contributed by atoms with van der Waals surface area (Å²) < 4.78 is 39.8. The molecule has 2 aromatic carbocycles. The van der Waals surface area contributed by atoms with E-state index in [0.717, 1.165) is 11.0 Å². The molecule has 7 nitrogen and oxygen atoms in total. The number of amides is 1. The van der Waals surface area contributed by atoms with Crippen LogP contribution in [0.3, 0.4) is 0 Å². The summed E-state index contributed by atoms with van der Waals surface area (Å²) in [7, 11) is 4.76. The summed E-state index contributed by atoms with van der Waals surface area (Å²) >= 11 is 0. The molecule has 1 heterocycles. The maximum Gasteiger partial charge on any atom is 0.414 e. The molecular formula is C23H25F2N3O4. The fourth-order valence-electron chi connectivity index (χ4n) is 3.23. The van der Waals surface area contributed by atoms with E-state index in [9.17, 15) is 18.4 Å². The average Bonchev–Trinajstić information content (AvgIpc) is 2.74. The first kappa shape index (κ1) is 23.2. The maximum atomic E-state index is 14.8. The highest BCUT2D eigenvalue weighted by Crippen LogP contribution is 2.30. The van der Waals surface area contributed by atoms with Gasteiger partial charge in [0, 0.05) is 44.1 Å². The highest BCUT2D eigenvalue weighted by Gasteiger charge is 2.21. The average molecular weight is 445 g/mol. The van der Waals surface area contributed by atoms with E-state index >= 15 is 0 Å². The van der Waals surface area contributed by atoms with E-state index in [4.69, 9.17) is 14.9 Å². The van der Waals surface area contributed by atoms with Gasteiger partial charge in [0.05, 0.1) is 5.69 Å². The molecule has 1 amide bonds. The van der Waals surface area contributed by atoms with Crippen LogP contribution in [-0.2, 0) is 13.0 Å². The molecule has 3 aromatic rings. The summed E-state index contributed by atoms with van der Waals surface area (Å²) in [6, 6.07) is 6.90. The molecule has 32 heavy (non-hydrogen) atoms. The zero-order chi connectivity index (χ0) is 23.6. The summed E-state index contributed by atoms with van der Waals surface area (Å²) in [6.45, 7) is 2.90. The Morgan fingerprint density at radius 2 is 1.88 bits per heavy atom. The number of ether oxygens (including phenoxy) is 1. The second-order valence-corrected chi connectivity index (χ2v) is 7.72. The van der Waals surface area contributed by atoms with Crippen molar-refractivity contribution < 1.29 is 22.7 Å². The Hall–Kier alpha value is -3.46. The summed E-state index contributed by atoms with van der Waals surface area (Å²) in [5, 5.41) is 0.339. The maximum absolute atomic E-state index is 14.8. The largest absolute Gasteiger partial charge is 0.422 e. The summed E-state index contributed by atoms with van der Waals surface area (Å²) in [5.41, 5.74) is 5.96. The third-order valence-electron chi connectivity index (χ3n) is 5.18. The molecule has 0 unspecified atom stereocenters. The fraction of sp³-hybridized carbons (Fsp3) is 0.304. The van der Waals surface area contributed by atoms with Gasteiger partial charge in [-0.1, -0.05) is 19.1 Å². The van der Waals surface area contributed by atoms with Crippen LogP contribution in [0.5, 0.6) is 5.75 Å². The van der Waals surface area contributed by atoms with E-state index in [0.29, 0.717) is 24.0 Å². The Balaban J connectivity index is 2.19. The van der Waals surface area contributed by atoms with E-state index in [1.165, 1.54) is 32.3 Å². The number of carbonyl (C=O) groups is 1. The van der Waals surface area contributed by atoms with Crippen LogP contribution in [0, 0.1) is 11.6 Å². The standard InChI is InChI=1S/C23H25F2N3O4/c1-5-28(4)12-16-14-10-17(24)20(32-23(30)27(2)3)11-19(14)31-22(29)15(16)9-13-7-6-8-18(26)21(13)25/h6-8,10-11H,5,9,12,26H2,1-4H3. The van der Waals surface area contributed by atoms with Gasteiger partial charge in [-0.2, -0.15) is 0 Å². The first-order chi connectivity index (χ1) is 15.1. The van der Waals surface area contributed by atoms with Crippen molar-refractivity contribution in [3.05, 3.63) is 69.1 Å². The number of anilines is 1. The molecule has 0 aliphatic rings. The van der Waals surface area contributed by atoms with Crippen LogP contribution in [-0.4, -0.2) is 43.6 Å². The normalized spacial score (nSPS) is 11.2. The zero-order valence-electron chi connectivity index (χ0n) is 18.4. The molecule has 0 atom stereocenters. The van der Waals surface area contributed by atoms with Crippen LogP contribution in [0.2, 0.25) is 0 Å². The number of halogens is 2. The summed E-state index contributed by atoms with van der Waals surface area (Å²) in [5.74, 6) is -1.76. The van der Waals surface area contributed by atoms with Gasteiger partial charge in [0.15, 0.2) is 11.6 Å². The van der Waals surface area contributed by atoms with Crippen LogP contribution in [0.1, 0.15) is 23.6 Å². The number of nitrogens with two attached hydrogens (primary N) is 1. The molecule has 3 rings (SSSR count). The van der Waals surface area contributed by atoms with Crippen molar-refractivity contribution in [2.45, 2.75) is 19.9 Å². The van der Waals surface area contributed by atoms with Crippen molar-refractivity contribution in [3.63, 3.8) is 0 Å². The summed E-state index contributed by atoms with van der Waals surface area (Å²) in [4.78, 5) is 27.8. The molecule has 0 aliphatic heterocycles. The van der Waals surface area contributed by atoms with Crippen LogP contribution < -0.4 is 16.1 Å². The molecule has 0 spiro atoms. The molecule has 0 aliphatic carbocycles.